The molecule has 0 bridgehead atoms. The number of nitrogens with one attached hydrogen (secondary N) is 3. The quantitative estimate of drug-likeness (QED) is 0.396. The molecule has 0 spiro atoms. The lowest BCUT2D eigenvalue weighted by molar-refractivity contribution is 0.0978. The number of rotatable bonds is 3. The number of aromatic nitrogens is 2. The molecule has 35 heavy (non-hydrogen) atoms. The van der Waals surface area contributed by atoms with E-state index in [0.717, 1.165) is 49.1 Å². The first kappa shape index (κ1) is 24.3. The maximum atomic E-state index is 12.6. The van der Waals surface area contributed by atoms with Gasteiger partial charge in [-0.1, -0.05) is 0 Å². The second kappa shape index (κ2) is 9.46. The van der Waals surface area contributed by atoms with E-state index in [9.17, 15) is 26.8 Å². The number of carbonyl (C=O) groups excluding carboxylic acids is 1. The SMILES string of the molecule is CS(=O)(=O)NC(=O)c1[nH]c2cc3c(cc2c1-c1ccc[nH]c1=O)CCC3.Cc1cc(F)ccc1F. The topological polar surface area (TPSA) is 112 Å². The molecule has 2 heterocycles. The van der Waals surface area contributed by atoms with Gasteiger partial charge in [-0.3, -0.25) is 9.59 Å². The van der Waals surface area contributed by atoms with E-state index < -0.39 is 21.7 Å². The van der Waals surface area contributed by atoms with Crippen LogP contribution in [-0.2, 0) is 22.9 Å². The minimum absolute atomic E-state index is 0.0609. The highest BCUT2D eigenvalue weighted by atomic mass is 32.2. The van der Waals surface area contributed by atoms with Crippen LogP contribution in [0.4, 0.5) is 8.78 Å². The fraction of sp³-hybridized carbons (Fsp3) is 0.200. The molecule has 0 saturated carbocycles. The number of amides is 1. The molecule has 0 radical (unpaired) electrons. The molecule has 2 aromatic heterocycles. The maximum Gasteiger partial charge on any atom is 0.281 e. The van der Waals surface area contributed by atoms with Crippen molar-refractivity contribution in [3.05, 3.63) is 93.0 Å². The molecule has 0 atom stereocenters. The van der Waals surface area contributed by atoms with E-state index in [1.807, 2.05) is 16.9 Å². The summed E-state index contributed by atoms with van der Waals surface area (Å²) in [5, 5.41) is 0.737. The first-order valence-electron chi connectivity index (χ1n) is 10.8. The summed E-state index contributed by atoms with van der Waals surface area (Å²) in [6.07, 6.45) is 5.42. The zero-order valence-electron chi connectivity index (χ0n) is 19.0. The number of halogens is 2. The lowest BCUT2D eigenvalue weighted by Crippen LogP contribution is -2.30. The van der Waals surface area contributed by atoms with Crippen LogP contribution < -0.4 is 10.3 Å². The van der Waals surface area contributed by atoms with Gasteiger partial charge in [-0.2, -0.15) is 0 Å². The van der Waals surface area contributed by atoms with Crippen LogP contribution in [-0.4, -0.2) is 30.5 Å². The van der Waals surface area contributed by atoms with Crippen LogP contribution in [0.25, 0.3) is 22.0 Å². The Hall–Kier alpha value is -3.79. The highest BCUT2D eigenvalue weighted by molar-refractivity contribution is 7.89. The molecule has 10 heteroatoms. The average molecular weight is 500 g/mol. The van der Waals surface area contributed by atoms with Crippen LogP contribution in [0.1, 0.15) is 33.6 Å². The number of hydrogen-bond donors (Lipinski definition) is 3. The van der Waals surface area contributed by atoms with E-state index in [2.05, 4.69) is 9.97 Å². The fourth-order valence-corrected chi connectivity index (χ4v) is 4.60. The molecular weight excluding hydrogens is 476 g/mol. The third-order valence-corrected chi connectivity index (χ3v) is 6.28. The van der Waals surface area contributed by atoms with Gasteiger partial charge in [0.1, 0.15) is 17.3 Å². The number of aromatic amines is 2. The molecular formula is C25H23F2N3O4S. The number of benzene rings is 2. The molecule has 1 amide bonds. The van der Waals surface area contributed by atoms with Gasteiger partial charge < -0.3 is 9.97 Å². The van der Waals surface area contributed by atoms with Crippen LogP contribution >= 0.6 is 0 Å². The molecule has 3 N–H and O–H groups in total. The van der Waals surface area contributed by atoms with Gasteiger partial charge in [-0.25, -0.2) is 21.9 Å². The summed E-state index contributed by atoms with van der Waals surface area (Å²) in [5.74, 6) is -1.55. The molecule has 0 fully saturated rings. The van der Waals surface area contributed by atoms with Crippen molar-refractivity contribution in [2.24, 2.45) is 0 Å². The molecule has 0 unspecified atom stereocenters. The molecule has 0 saturated heterocycles. The van der Waals surface area contributed by atoms with Crippen LogP contribution in [0, 0.1) is 18.6 Å². The summed E-state index contributed by atoms with van der Waals surface area (Å²) in [7, 11) is -3.73. The number of sulfonamides is 1. The van der Waals surface area contributed by atoms with Gasteiger partial charge in [0.15, 0.2) is 0 Å². The fourth-order valence-electron chi connectivity index (χ4n) is 4.16. The first-order chi connectivity index (χ1) is 16.5. The van der Waals surface area contributed by atoms with Crippen molar-refractivity contribution in [1.82, 2.24) is 14.7 Å². The maximum absolute atomic E-state index is 12.6. The van der Waals surface area contributed by atoms with Crippen molar-refractivity contribution < 1.29 is 22.0 Å². The Morgan fingerprint density at radius 3 is 2.40 bits per heavy atom. The van der Waals surface area contributed by atoms with Crippen molar-refractivity contribution in [2.45, 2.75) is 26.2 Å². The van der Waals surface area contributed by atoms with Gasteiger partial charge in [-0.15, -0.1) is 0 Å². The summed E-state index contributed by atoms with van der Waals surface area (Å²) in [5.41, 5.74) is 3.90. The van der Waals surface area contributed by atoms with E-state index >= 15 is 0 Å². The average Bonchev–Trinajstić information content (AvgIpc) is 3.38. The molecule has 4 aromatic rings. The Morgan fingerprint density at radius 2 is 1.77 bits per heavy atom. The Kier molecular flexibility index (Phi) is 6.58. The number of aryl methyl sites for hydroxylation is 3. The molecule has 182 valence electrons. The predicted molar refractivity (Wildman–Crippen MR) is 130 cm³/mol. The lowest BCUT2D eigenvalue weighted by atomic mass is 10.00. The van der Waals surface area contributed by atoms with Crippen molar-refractivity contribution in [3.63, 3.8) is 0 Å². The van der Waals surface area contributed by atoms with Gasteiger partial charge in [-0.05, 0) is 85.3 Å². The minimum atomic E-state index is -3.73. The summed E-state index contributed by atoms with van der Waals surface area (Å²) < 4.78 is 49.5. The van der Waals surface area contributed by atoms with Gasteiger partial charge in [0.2, 0.25) is 10.0 Å². The molecule has 1 aliphatic carbocycles. The standard InChI is InChI=1S/C18H17N3O4S.C7H6F2/c1-26(24,25)21-18(23)16-15(12-6-3-7-19-17(12)22)13-8-10-4-2-5-11(10)9-14(13)20-16;1-5-4-6(8)2-3-7(5)9/h3,6-9,20H,2,4-5H2,1H3,(H,19,22)(H,21,23);2-4H,1H3. The van der Waals surface area contributed by atoms with E-state index in [1.54, 1.807) is 12.1 Å². The summed E-state index contributed by atoms with van der Waals surface area (Å²) in [4.78, 5) is 30.5. The molecule has 5 rings (SSSR count). The summed E-state index contributed by atoms with van der Waals surface area (Å²) in [6, 6.07) is 10.6. The molecule has 7 nitrogen and oxygen atoms in total. The van der Waals surface area contributed by atoms with E-state index in [1.165, 1.54) is 24.2 Å². The highest BCUT2D eigenvalue weighted by Crippen LogP contribution is 2.35. The van der Waals surface area contributed by atoms with Crippen LogP contribution in [0.15, 0.2) is 53.5 Å². The van der Waals surface area contributed by atoms with Crippen molar-refractivity contribution in [1.29, 1.82) is 0 Å². The molecule has 0 aliphatic heterocycles. The third kappa shape index (κ3) is 5.32. The van der Waals surface area contributed by atoms with E-state index in [-0.39, 0.29) is 17.1 Å². The van der Waals surface area contributed by atoms with Crippen molar-refractivity contribution in [2.75, 3.05) is 6.26 Å². The van der Waals surface area contributed by atoms with Crippen LogP contribution in [0.3, 0.4) is 0 Å². The van der Waals surface area contributed by atoms with Crippen molar-refractivity contribution in [3.8, 4) is 11.1 Å². The smallest absolute Gasteiger partial charge is 0.281 e. The van der Waals surface area contributed by atoms with Gasteiger partial charge >= 0.3 is 0 Å². The largest absolute Gasteiger partial charge is 0.350 e. The number of carbonyl (C=O) groups is 1. The predicted octanol–water partition coefficient (Wildman–Crippen LogP) is 3.97. The zero-order chi connectivity index (χ0) is 25.3. The number of H-pyrrole nitrogens is 2. The number of fused-ring (bicyclic) bond motifs is 2. The lowest BCUT2D eigenvalue weighted by Gasteiger charge is -2.05. The van der Waals surface area contributed by atoms with E-state index in [0.29, 0.717) is 22.2 Å². The molecule has 2 aromatic carbocycles. The number of hydrogen-bond acceptors (Lipinski definition) is 4. The Morgan fingerprint density at radius 1 is 1.06 bits per heavy atom. The first-order valence-corrected chi connectivity index (χ1v) is 12.7. The van der Waals surface area contributed by atoms with Crippen LogP contribution in [0.5, 0.6) is 0 Å². The van der Waals surface area contributed by atoms with Gasteiger partial charge in [0, 0.05) is 28.2 Å². The van der Waals surface area contributed by atoms with Crippen LogP contribution in [0.2, 0.25) is 0 Å². The minimum Gasteiger partial charge on any atom is -0.350 e. The normalized spacial score (nSPS) is 12.7. The van der Waals surface area contributed by atoms with Gasteiger partial charge in [0.05, 0.1) is 6.26 Å². The number of pyridine rings is 1. The van der Waals surface area contributed by atoms with E-state index in [4.69, 9.17) is 0 Å². The van der Waals surface area contributed by atoms with Crippen molar-refractivity contribution >= 4 is 26.8 Å². The highest BCUT2D eigenvalue weighted by Gasteiger charge is 2.24. The third-order valence-electron chi connectivity index (χ3n) is 5.72. The Bertz CT molecular complexity index is 1610. The Labute approximate surface area is 200 Å². The summed E-state index contributed by atoms with van der Waals surface area (Å²) >= 11 is 0. The molecule has 1 aliphatic rings. The zero-order valence-corrected chi connectivity index (χ0v) is 19.9. The second-order valence-electron chi connectivity index (χ2n) is 8.40. The second-order valence-corrected chi connectivity index (χ2v) is 10.2. The summed E-state index contributed by atoms with van der Waals surface area (Å²) in [6.45, 7) is 1.53. The Balaban J connectivity index is 0.000000271. The van der Waals surface area contributed by atoms with Gasteiger partial charge in [0.25, 0.3) is 11.5 Å². The monoisotopic (exact) mass is 499 g/mol.